The van der Waals surface area contributed by atoms with E-state index in [1.807, 2.05) is 0 Å². The Morgan fingerprint density at radius 2 is 1.96 bits per heavy atom. The van der Waals surface area contributed by atoms with Gasteiger partial charge in [0, 0.05) is 6.54 Å². The molecule has 2 unspecified atom stereocenters. The lowest BCUT2D eigenvalue weighted by molar-refractivity contribution is -0.138. The third-order valence-corrected chi connectivity index (χ3v) is 3.86. The van der Waals surface area contributed by atoms with Crippen LogP contribution in [0.4, 0.5) is 22.4 Å². The first-order valence-electron chi connectivity index (χ1n) is 7.35. The van der Waals surface area contributed by atoms with E-state index in [4.69, 9.17) is 0 Å². The van der Waals surface area contributed by atoms with Gasteiger partial charge in [0.25, 0.3) is 0 Å². The number of alkyl halides is 3. The SMILES string of the molecule is O=C(NCc1ccc(F)cc1C(F)(F)F)NC1CCCCC1O. The Morgan fingerprint density at radius 3 is 2.61 bits per heavy atom. The predicted molar refractivity (Wildman–Crippen MR) is 75.0 cm³/mol. The summed E-state index contributed by atoms with van der Waals surface area (Å²) in [5.41, 5.74) is -1.34. The van der Waals surface area contributed by atoms with Crippen molar-refractivity contribution in [2.24, 2.45) is 0 Å². The molecular weight excluding hydrogens is 316 g/mol. The van der Waals surface area contributed by atoms with Crippen LogP contribution in [-0.4, -0.2) is 23.3 Å². The molecule has 1 aromatic carbocycles. The van der Waals surface area contributed by atoms with Gasteiger partial charge in [0.15, 0.2) is 0 Å². The summed E-state index contributed by atoms with van der Waals surface area (Å²) in [6.45, 7) is -0.385. The maximum atomic E-state index is 13.0. The molecule has 1 fully saturated rings. The third-order valence-electron chi connectivity index (χ3n) is 3.86. The van der Waals surface area contributed by atoms with E-state index in [-0.39, 0.29) is 12.1 Å². The summed E-state index contributed by atoms with van der Waals surface area (Å²) in [5.74, 6) is -0.990. The summed E-state index contributed by atoms with van der Waals surface area (Å²) < 4.78 is 51.5. The van der Waals surface area contributed by atoms with Crippen molar-refractivity contribution in [2.75, 3.05) is 0 Å². The van der Waals surface area contributed by atoms with E-state index >= 15 is 0 Å². The minimum absolute atomic E-state index is 0.224. The standard InChI is InChI=1S/C15H18F4N2O2/c16-10-6-5-9(11(7-10)15(17,18)19)8-20-14(23)21-12-3-1-2-4-13(12)22/h5-7,12-13,22H,1-4,8H2,(H2,20,21,23). The van der Waals surface area contributed by atoms with E-state index in [9.17, 15) is 27.5 Å². The first kappa shape index (κ1) is 17.5. The van der Waals surface area contributed by atoms with Crippen LogP contribution in [-0.2, 0) is 12.7 Å². The number of hydrogen-bond acceptors (Lipinski definition) is 2. The van der Waals surface area contributed by atoms with E-state index in [1.54, 1.807) is 0 Å². The molecule has 0 aliphatic heterocycles. The number of benzene rings is 1. The summed E-state index contributed by atoms with van der Waals surface area (Å²) >= 11 is 0. The van der Waals surface area contributed by atoms with Gasteiger partial charge in [-0.3, -0.25) is 0 Å². The molecule has 4 nitrogen and oxygen atoms in total. The second-order valence-corrected chi connectivity index (χ2v) is 5.58. The number of carbonyl (C=O) groups is 1. The van der Waals surface area contributed by atoms with Crippen molar-refractivity contribution in [3.05, 3.63) is 35.1 Å². The number of aliphatic hydroxyl groups is 1. The molecule has 2 amide bonds. The molecule has 0 heterocycles. The zero-order valence-electron chi connectivity index (χ0n) is 12.3. The van der Waals surface area contributed by atoms with Crippen LogP contribution in [0.2, 0.25) is 0 Å². The summed E-state index contributed by atoms with van der Waals surface area (Å²) in [4.78, 5) is 11.8. The summed E-state index contributed by atoms with van der Waals surface area (Å²) in [7, 11) is 0. The van der Waals surface area contributed by atoms with Crippen molar-refractivity contribution < 1.29 is 27.5 Å². The van der Waals surface area contributed by atoms with Crippen LogP contribution in [0.3, 0.4) is 0 Å². The average molecular weight is 334 g/mol. The Balaban J connectivity index is 1.96. The monoisotopic (exact) mass is 334 g/mol. The number of hydrogen-bond donors (Lipinski definition) is 3. The Bertz CT molecular complexity index is 563. The molecule has 2 rings (SSSR count). The van der Waals surface area contributed by atoms with Crippen LogP contribution < -0.4 is 10.6 Å². The van der Waals surface area contributed by atoms with Crippen LogP contribution in [0.15, 0.2) is 18.2 Å². The fourth-order valence-electron chi connectivity index (χ4n) is 2.64. The highest BCUT2D eigenvalue weighted by molar-refractivity contribution is 5.74. The summed E-state index contributed by atoms with van der Waals surface area (Å²) in [6, 6.07) is 1.25. The Labute approximate surface area is 130 Å². The molecule has 2 atom stereocenters. The highest BCUT2D eigenvalue weighted by Crippen LogP contribution is 2.32. The summed E-state index contributed by atoms with van der Waals surface area (Å²) in [6.07, 6.45) is -2.38. The number of amides is 2. The van der Waals surface area contributed by atoms with Crippen molar-refractivity contribution in [1.82, 2.24) is 10.6 Å². The van der Waals surface area contributed by atoms with E-state index in [0.29, 0.717) is 18.9 Å². The molecule has 128 valence electrons. The maximum Gasteiger partial charge on any atom is 0.416 e. The number of nitrogens with one attached hydrogen (secondary N) is 2. The smallest absolute Gasteiger partial charge is 0.391 e. The van der Waals surface area contributed by atoms with Crippen LogP contribution in [0, 0.1) is 5.82 Å². The largest absolute Gasteiger partial charge is 0.416 e. The topological polar surface area (TPSA) is 61.4 Å². The van der Waals surface area contributed by atoms with Gasteiger partial charge in [-0.1, -0.05) is 18.9 Å². The molecule has 0 saturated heterocycles. The van der Waals surface area contributed by atoms with Crippen molar-refractivity contribution in [3.8, 4) is 0 Å². The first-order valence-corrected chi connectivity index (χ1v) is 7.35. The molecule has 23 heavy (non-hydrogen) atoms. The highest BCUT2D eigenvalue weighted by atomic mass is 19.4. The van der Waals surface area contributed by atoms with Gasteiger partial charge in [-0.25, -0.2) is 9.18 Å². The lowest BCUT2D eigenvalue weighted by Crippen LogP contribution is -2.48. The van der Waals surface area contributed by atoms with E-state index < -0.39 is 35.7 Å². The lowest BCUT2D eigenvalue weighted by atomic mass is 9.93. The number of halogens is 4. The molecule has 0 bridgehead atoms. The van der Waals surface area contributed by atoms with E-state index in [2.05, 4.69) is 10.6 Å². The third kappa shape index (κ3) is 4.82. The molecule has 1 saturated carbocycles. The van der Waals surface area contributed by atoms with Gasteiger partial charge in [-0.2, -0.15) is 13.2 Å². The fraction of sp³-hybridized carbons (Fsp3) is 0.533. The van der Waals surface area contributed by atoms with Crippen molar-refractivity contribution in [1.29, 1.82) is 0 Å². The average Bonchev–Trinajstić information content (AvgIpc) is 2.47. The quantitative estimate of drug-likeness (QED) is 0.744. The van der Waals surface area contributed by atoms with E-state index in [0.717, 1.165) is 25.0 Å². The normalized spacial score (nSPS) is 21.8. The Hall–Kier alpha value is -1.83. The minimum Gasteiger partial charge on any atom is -0.391 e. The number of rotatable bonds is 3. The Kier molecular flexibility index (Phi) is 5.46. The Morgan fingerprint density at radius 1 is 1.26 bits per heavy atom. The molecule has 1 aromatic rings. The van der Waals surface area contributed by atoms with Gasteiger partial charge in [-0.05, 0) is 30.5 Å². The van der Waals surface area contributed by atoms with Crippen LogP contribution in [0.5, 0.6) is 0 Å². The molecule has 0 aromatic heterocycles. The number of carbonyl (C=O) groups excluding carboxylic acids is 1. The van der Waals surface area contributed by atoms with Crippen LogP contribution in [0.1, 0.15) is 36.8 Å². The van der Waals surface area contributed by atoms with Crippen LogP contribution >= 0.6 is 0 Å². The van der Waals surface area contributed by atoms with Gasteiger partial charge in [0.05, 0.1) is 17.7 Å². The molecular formula is C15H18F4N2O2. The minimum atomic E-state index is -4.70. The molecule has 1 aliphatic carbocycles. The zero-order valence-corrected chi connectivity index (χ0v) is 12.3. The lowest BCUT2D eigenvalue weighted by Gasteiger charge is -2.28. The molecule has 3 N–H and O–H groups in total. The van der Waals surface area contributed by atoms with E-state index in [1.165, 1.54) is 0 Å². The molecule has 0 spiro atoms. The summed E-state index contributed by atoms with van der Waals surface area (Å²) in [5, 5.41) is 14.6. The van der Waals surface area contributed by atoms with Crippen LogP contribution in [0.25, 0.3) is 0 Å². The van der Waals surface area contributed by atoms with Gasteiger partial charge < -0.3 is 15.7 Å². The van der Waals surface area contributed by atoms with Crippen molar-refractivity contribution >= 4 is 6.03 Å². The maximum absolute atomic E-state index is 13.0. The van der Waals surface area contributed by atoms with Gasteiger partial charge in [-0.15, -0.1) is 0 Å². The van der Waals surface area contributed by atoms with Gasteiger partial charge >= 0.3 is 12.2 Å². The van der Waals surface area contributed by atoms with Crippen molar-refractivity contribution in [3.63, 3.8) is 0 Å². The van der Waals surface area contributed by atoms with Gasteiger partial charge in [0.1, 0.15) is 5.82 Å². The predicted octanol–water partition coefficient (Wildman–Crippen LogP) is 2.95. The second kappa shape index (κ2) is 7.16. The van der Waals surface area contributed by atoms with Crippen molar-refractivity contribution in [2.45, 2.75) is 50.6 Å². The fourth-order valence-corrected chi connectivity index (χ4v) is 2.64. The first-order chi connectivity index (χ1) is 10.8. The number of aliphatic hydroxyl groups excluding tert-OH is 1. The molecule has 1 aliphatic rings. The molecule has 8 heteroatoms. The molecule has 0 radical (unpaired) electrons. The highest BCUT2D eigenvalue weighted by Gasteiger charge is 2.33. The van der Waals surface area contributed by atoms with Gasteiger partial charge in [0.2, 0.25) is 0 Å². The number of urea groups is 1. The second-order valence-electron chi connectivity index (χ2n) is 5.58. The zero-order chi connectivity index (χ0) is 17.0.